The molecule has 1 aromatic carbocycles. The normalized spacial score (nSPS) is 24.2. The van der Waals surface area contributed by atoms with E-state index in [1.807, 2.05) is 31.3 Å². The fraction of sp³-hybridized carbons (Fsp3) is 0.357. The van der Waals surface area contributed by atoms with Crippen molar-refractivity contribution in [1.82, 2.24) is 25.3 Å². The van der Waals surface area contributed by atoms with Gasteiger partial charge in [0.15, 0.2) is 5.69 Å². The highest BCUT2D eigenvalue weighted by atomic mass is 35.5. The Morgan fingerprint density at radius 3 is 2.76 bits per heavy atom. The minimum Gasteiger partial charge on any atom is -0.348 e. The van der Waals surface area contributed by atoms with E-state index in [4.69, 9.17) is 11.6 Å². The molecule has 3 heterocycles. The molecule has 2 saturated carbocycles. The molecule has 10 heteroatoms. The van der Waals surface area contributed by atoms with Gasteiger partial charge in [-0.25, -0.2) is 9.67 Å². The van der Waals surface area contributed by atoms with Crippen LogP contribution in [0.15, 0.2) is 48.3 Å². The third-order valence-corrected chi connectivity index (χ3v) is 8.59. The number of anilines is 1. The number of nitrogens with one attached hydrogen (secondary N) is 1. The van der Waals surface area contributed by atoms with Crippen LogP contribution in [0.25, 0.3) is 0 Å². The number of carbonyl (C=O) groups excluding carboxylic acids is 2. The van der Waals surface area contributed by atoms with Gasteiger partial charge in [0.1, 0.15) is 5.82 Å². The molecule has 3 aromatic rings. The van der Waals surface area contributed by atoms with E-state index in [-0.39, 0.29) is 40.9 Å². The summed E-state index contributed by atoms with van der Waals surface area (Å²) < 4.78 is 1.78. The molecule has 190 valence electrons. The van der Waals surface area contributed by atoms with Gasteiger partial charge in [-0.05, 0) is 79.5 Å². The van der Waals surface area contributed by atoms with Gasteiger partial charge in [0.2, 0.25) is 5.91 Å². The molecule has 1 N–H and O–H groups in total. The number of nitriles is 1. The first kappa shape index (κ1) is 23.1. The second-order valence-electron chi connectivity index (χ2n) is 10.8. The number of amides is 2. The quantitative estimate of drug-likeness (QED) is 0.491. The number of hydrogen-bond acceptors (Lipinski definition) is 6. The van der Waals surface area contributed by atoms with E-state index in [9.17, 15) is 14.9 Å². The molecule has 38 heavy (non-hydrogen) atoms. The zero-order chi connectivity index (χ0) is 26.2. The van der Waals surface area contributed by atoms with Gasteiger partial charge in [0, 0.05) is 29.4 Å². The highest BCUT2D eigenvalue weighted by molar-refractivity contribution is 6.30. The number of aryl methyl sites for hydroxylation is 1. The monoisotopic (exact) mass is 525 g/mol. The summed E-state index contributed by atoms with van der Waals surface area (Å²) in [6, 6.07) is 9.50. The second-order valence-corrected chi connectivity index (χ2v) is 11.2. The third-order valence-electron chi connectivity index (χ3n) is 8.35. The Hall–Kier alpha value is -4.03. The molecular formula is C28H24ClN7O2. The largest absolute Gasteiger partial charge is 0.348 e. The molecule has 2 amide bonds. The van der Waals surface area contributed by atoms with Crippen LogP contribution in [0.1, 0.15) is 64.3 Å². The summed E-state index contributed by atoms with van der Waals surface area (Å²) in [4.78, 5) is 31.7. The Morgan fingerprint density at radius 1 is 1.26 bits per heavy atom. The summed E-state index contributed by atoms with van der Waals surface area (Å²) >= 11 is 6.13. The van der Waals surface area contributed by atoms with Gasteiger partial charge in [-0.3, -0.25) is 14.5 Å². The zero-order valence-electron chi connectivity index (χ0n) is 20.7. The first-order valence-electron chi connectivity index (χ1n) is 12.8. The van der Waals surface area contributed by atoms with E-state index in [1.54, 1.807) is 27.9 Å². The Bertz CT molecular complexity index is 1590. The minimum atomic E-state index is -0.372. The number of hydrogen-bond donors (Lipinski definition) is 1. The minimum absolute atomic E-state index is 0.00662. The van der Waals surface area contributed by atoms with Gasteiger partial charge >= 0.3 is 0 Å². The molecule has 2 aromatic heterocycles. The van der Waals surface area contributed by atoms with Crippen molar-refractivity contribution in [2.75, 3.05) is 11.4 Å². The molecular weight excluding hydrogens is 502 g/mol. The van der Waals surface area contributed by atoms with E-state index in [0.29, 0.717) is 22.9 Å². The molecule has 0 spiro atoms. The smallest absolute Gasteiger partial charge is 0.273 e. The van der Waals surface area contributed by atoms with Gasteiger partial charge in [0.05, 0.1) is 29.3 Å². The van der Waals surface area contributed by atoms with Crippen LogP contribution >= 0.6 is 11.6 Å². The van der Waals surface area contributed by atoms with Gasteiger partial charge in [-0.15, -0.1) is 5.10 Å². The molecule has 9 nitrogen and oxygen atoms in total. The lowest BCUT2D eigenvalue weighted by Gasteiger charge is -2.36. The van der Waals surface area contributed by atoms with Crippen molar-refractivity contribution in [3.8, 4) is 6.07 Å². The van der Waals surface area contributed by atoms with Crippen LogP contribution in [0.3, 0.4) is 0 Å². The fourth-order valence-corrected chi connectivity index (χ4v) is 6.07. The topological polar surface area (TPSA) is 117 Å². The van der Waals surface area contributed by atoms with Gasteiger partial charge < -0.3 is 5.32 Å². The molecule has 3 fully saturated rings. The van der Waals surface area contributed by atoms with Crippen molar-refractivity contribution in [2.45, 2.75) is 50.1 Å². The molecule has 3 aliphatic carbocycles. The van der Waals surface area contributed by atoms with Crippen LogP contribution in [0.4, 0.5) is 5.82 Å². The average Bonchev–Trinajstić information content (AvgIpc) is 3.77. The number of benzene rings is 1. The summed E-state index contributed by atoms with van der Waals surface area (Å²) in [5.74, 6) is 0.702. The van der Waals surface area contributed by atoms with E-state index in [0.717, 1.165) is 42.4 Å². The number of carbonyl (C=O) groups is 2. The summed E-state index contributed by atoms with van der Waals surface area (Å²) in [7, 11) is 0. The maximum absolute atomic E-state index is 12.9. The summed E-state index contributed by atoms with van der Waals surface area (Å²) in [5, 5.41) is 21.5. The lowest BCUT2D eigenvalue weighted by atomic mass is 9.74. The molecule has 7 rings (SSSR count). The van der Waals surface area contributed by atoms with Crippen molar-refractivity contribution in [1.29, 1.82) is 5.26 Å². The molecule has 1 atom stereocenters. The summed E-state index contributed by atoms with van der Waals surface area (Å²) in [6.07, 6.45) is 8.79. The molecule has 1 saturated heterocycles. The van der Waals surface area contributed by atoms with E-state index < -0.39 is 0 Å². The van der Waals surface area contributed by atoms with Crippen LogP contribution in [0.2, 0.25) is 5.02 Å². The number of rotatable bonds is 6. The van der Waals surface area contributed by atoms with Gasteiger partial charge in [0.25, 0.3) is 5.91 Å². The van der Waals surface area contributed by atoms with Gasteiger partial charge in [-0.1, -0.05) is 22.9 Å². The number of aromatic nitrogens is 4. The predicted octanol–water partition coefficient (Wildman–Crippen LogP) is 3.62. The highest BCUT2D eigenvalue weighted by Gasteiger charge is 2.50. The molecule has 0 bridgehead atoms. The zero-order valence-corrected chi connectivity index (χ0v) is 21.4. The molecule has 4 aliphatic rings. The van der Waals surface area contributed by atoms with Gasteiger partial charge in [-0.2, -0.15) is 5.26 Å². The number of fused-ring (bicyclic) bond motifs is 1. The number of halogens is 1. The molecule has 0 unspecified atom stereocenters. The van der Waals surface area contributed by atoms with Crippen LogP contribution in [0.5, 0.6) is 0 Å². The maximum atomic E-state index is 12.9. The van der Waals surface area contributed by atoms with E-state index in [2.05, 4.69) is 26.7 Å². The number of pyridine rings is 1. The van der Waals surface area contributed by atoms with E-state index >= 15 is 0 Å². The Labute approximate surface area is 224 Å². The SMILES string of the molecule is Cc1cc(N2CC3=C[C@H]3C2=O)ncc1C1(n2cc(C(=O)N[C@H]3C[C@@H](c4cc(Cl)ccc4C#N)C3)nn2)CC1. The Morgan fingerprint density at radius 2 is 2.08 bits per heavy atom. The van der Waals surface area contributed by atoms with Crippen LogP contribution in [-0.4, -0.2) is 44.4 Å². The molecule has 0 radical (unpaired) electrons. The molecule has 1 aliphatic heterocycles. The highest BCUT2D eigenvalue weighted by Crippen LogP contribution is 2.50. The van der Waals surface area contributed by atoms with Crippen LogP contribution < -0.4 is 10.2 Å². The van der Waals surface area contributed by atoms with Crippen molar-refractivity contribution < 1.29 is 9.59 Å². The predicted molar refractivity (Wildman–Crippen MR) is 139 cm³/mol. The Balaban J connectivity index is 1.03. The summed E-state index contributed by atoms with van der Waals surface area (Å²) in [5.41, 5.74) is 4.71. The lowest BCUT2D eigenvalue weighted by molar-refractivity contribution is -0.118. The van der Waals surface area contributed by atoms with E-state index in [1.165, 1.54) is 5.57 Å². The second kappa shape index (κ2) is 8.23. The third kappa shape index (κ3) is 3.63. The average molecular weight is 526 g/mol. The maximum Gasteiger partial charge on any atom is 0.273 e. The van der Waals surface area contributed by atoms with Crippen molar-refractivity contribution in [3.05, 3.63) is 81.3 Å². The lowest BCUT2D eigenvalue weighted by Crippen LogP contribution is -2.43. The Kier molecular flexibility index (Phi) is 5.01. The number of nitrogens with zero attached hydrogens (tertiary/aromatic N) is 6. The van der Waals surface area contributed by atoms with Crippen LogP contribution in [0, 0.1) is 24.2 Å². The summed E-state index contributed by atoms with van der Waals surface area (Å²) in [6.45, 7) is 2.65. The van der Waals surface area contributed by atoms with Crippen molar-refractivity contribution >= 4 is 29.2 Å². The fourth-order valence-electron chi connectivity index (χ4n) is 5.88. The van der Waals surface area contributed by atoms with Crippen LogP contribution in [-0.2, 0) is 10.3 Å². The van der Waals surface area contributed by atoms with Crippen molar-refractivity contribution in [2.24, 2.45) is 5.92 Å². The first-order chi connectivity index (χ1) is 18.4. The first-order valence-corrected chi connectivity index (χ1v) is 13.2. The standard InChI is InChI=1S/C28H24ClN7O2/c1-15-6-25(35-13-18-9-22(18)27(35)38)31-12-23(15)28(4-5-28)36-14-24(33-34-36)26(37)32-20-7-17(8-20)21-10-19(29)3-2-16(21)11-30/h2-3,6,9-10,12,14,17,20,22H,4-5,7-8,13H2,1H3,(H,32,37)/t17-,20+,22-/m1/s1. The van der Waals surface area contributed by atoms with Crippen molar-refractivity contribution in [3.63, 3.8) is 0 Å².